The lowest BCUT2D eigenvalue weighted by atomic mass is 9.85. The predicted octanol–water partition coefficient (Wildman–Crippen LogP) is 2.33. The zero-order valence-corrected chi connectivity index (χ0v) is 11.7. The Labute approximate surface area is 115 Å². The lowest BCUT2D eigenvalue weighted by molar-refractivity contribution is -0.120. The Morgan fingerprint density at radius 3 is 2.84 bits per heavy atom. The fraction of sp³-hybridized carbons (Fsp3) is 0.533. The molecule has 1 unspecified atom stereocenters. The number of nitrogens with two attached hydrogens (primary N) is 1. The Balaban J connectivity index is 1.87. The van der Waals surface area contributed by atoms with E-state index in [0.29, 0.717) is 5.69 Å². The average molecular weight is 261 g/mol. The molecule has 4 heteroatoms. The maximum Gasteiger partial charge on any atom is 0.241 e. The second-order valence-electron chi connectivity index (χ2n) is 5.53. The molecule has 1 fully saturated rings. The normalized spacial score (nSPS) is 17.0. The van der Waals surface area contributed by atoms with Gasteiger partial charge in [0.2, 0.25) is 5.91 Å². The molecule has 3 N–H and O–H groups in total. The highest BCUT2D eigenvalue weighted by Gasteiger charge is 2.24. The molecule has 1 aromatic rings. The number of likely N-dealkylation sites (N-methyl/N-ethyl adjacent to an activating group) is 1. The fourth-order valence-electron chi connectivity index (χ4n) is 2.30. The minimum Gasteiger partial charge on any atom is -0.399 e. The van der Waals surface area contributed by atoms with E-state index in [9.17, 15) is 4.79 Å². The van der Waals surface area contributed by atoms with Crippen LogP contribution in [0.5, 0.6) is 0 Å². The van der Waals surface area contributed by atoms with Crippen LogP contribution < -0.4 is 11.1 Å². The molecule has 1 saturated carbocycles. The Bertz CT molecular complexity index is 443. The summed E-state index contributed by atoms with van der Waals surface area (Å²) in [7, 11) is 2.02. The zero-order valence-electron chi connectivity index (χ0n) is 11.7. The number of carbonyl (C=O) groups excluding carboxylic acids is 1. The van der Waals surface area contributed by atoms with Crippen molar-refractivity contribution in [3.8, 4) is 0 Å². The molecule has 1 aliphatic carbocycles. The molecule has 0 heterocycles. The molecular formula is C15H23N3O. The van der Waals surface area contributed by atoms with E-state index in [0.717, 1.165) is 18.2 Å². The Morgan fingerprint density at radius 2 is 2.26 bits per heavy atom. The molecule has 0 bridgehead atoms. The highest BCUT2D eigenvalue weighted by atomic mass is 16.2. The molecule has 0 spiro atoms. The Hall–Kier alpha value is -1.55. The van der Waals surface area contributed by atoms with Gasteiger partial charge in [-0.2, -0.15) is 0 Å². The predicted molar refractivity (Wildman–Crippen MR) is 78.9 cm³/mol. The van der Waals surface area contributed by atoms with E-state index in [-0.39, 0.29) is 11.9 Å². The highest BCUT2D eigenvalue weighted by molar-refractivity contribution is 5.94. The first-order valence-electron chi connectivity index (χ1n) is 6.93. The topological polar surface area (TPSA) is 58.4 Å². The van der Waals surface area contributed by atoms with E-state index in [2.05, 4.69) is 10.2 Å². The van der Waals surface area contributed by atoms with Gasteiger partial charge in [-0.05, 0) is 50.9 Å². The molecule has 0 saturated heterocycles. The van der Waals surface area contributed by atoms with Gasteiger partial charge in [0.25, 0.3) is 0 Å². The number of anilines is 2. The molecule has 1 amide bonds. The highest BCUT2D eigenvalue weighted by Crippen LogP contribution is 2.27. The summed E-state index contributed by atoms with van der Waals surface area (Å²) in [6.07, 6.45) is 3.93. The quantitative estimate of drug-likeness (QED) is 0.800. The van der Waals surface area contributed by atoms with Crippen LogP contribution in [0.3, 0.4) is 0 Å². The van der Waals surface area contributed by atoms with Gasteiger partial charge in [-0.3, -0.25) is 9.69 Å². The van der Waals surface area contributed by atoms with Gasteiger partial charge >= 0.3 is 0 Å². The smallest absolute Gasteiger partial charge is 0.241 e. The van der Waals surface area contributed by atoms with Gasteiger partial charge < -0.3 is 11.1 Å². The van der Waals surface area contributed by atoms with E-state index in [1.165, 1.54) is 19.3 Å². The van der Waals surface area contributed by atoms with Crippen molar-refractivity contribution in [3.05, 3.63) is 24.3 Å². The molecular weight excluding hydrogens is 238 g/mol. The summed E-state index contributed by atoms with van der Waals surface area (Å²) in [6.45, 7) is 2.95. The number of hydrogen-bond acceptors (Lipinski definition) is 3. The van der Waals surface area contributed by atoms with Crippen molar-refractivity contribution in [1.82, 2.24) is 4.90 Å². The number of carbonyl (C=O) groups is 1. The molecule has 19 heavy (non-hydrogen) atoms. The molecule has 2 rings (SSSR count). The second kappa shape index (κ2) is 6.06. The first-order chi connectivity index (χ1) is 9.06. The molecule has 4 nitrogen and oxygen atoms in total. The summed E-state index contributed by atoms with van der Waals surface area (Å²) in [5.74, 6) is 0.792. The molecule has 0 radical (unpaired) electrons. The van der Waals surface area contributed by atoms with Gasteiger partial charge in [-0.1, -0.05) is 12.5 Å². The lowest BCUT2D eigenvalue weighted by Gasteiger charge is -2.32. The van der Waals surface area contributed by atoms with Crippen molar-refractivity contribution in [2.75, 3.05) is 24.6 Å². The summed E-state index contributed by atoms with van der Waals surface area (Å²) in [6, 6.07) is 7.15. The second-order valence-corrected chi connectivity index (χ2v) is 5.53. The van der Waals surface area contributed by atoms with Crippen LogP contribution in [-0.4, -0.2) is 30.4 Å². The van der Waals surface area contributed by atoms with Gasteiger partial charge in [0.15, 0.2) is 0 Å². The third-order valence-corrected chi connectivity index (χ3v) is 3.97. The van der Waals surface area contributed by atoms with Crippen LogP contribution in [0.2, 0.25) is 0 Å². The average Bonchev–Trinajstić information content (AvgIpc) is 2.32. The number of rotatable bonds is 5. The van der Waals surface area contributed by atoms with Crippen molar-refractivity contribution in [2.24, 2.45) is 5.92 Å². The van der Waals surface area contributed by atoms with Crippen LogP contribution in [0.4, 0.5) is 11.4 Å². The Morgan fingerprint density at radius 1 is 1.53 bits per heavy atom. The number of nitrogens with zero attached hydrogens (tertiary/aromatic N) is 1. The minimum atomic E-state index is -0.123. The monoisotopic (exact) mass is 261 g/mol. The number of hydrogen-bond donors (Lipinski definition) is 2. The van der Waals surface area contributed by atoms with E-state index in [1.54, 1.807) is 6.07 Å². The fourth-order valence-corrected chi connectivity index (χ4v) is 2.30. The van der Waals surface area contributed by atoms with Crippen LogP contribution in [0.25, 0.3) is 0 Å². The summed E-state index contributed by atoms with van der Waals surface area (Å²) < 4.78 is 0. The van der Waals surface area contributed by atoms with Crippen molar-refractivity contribution >= 4 is 17.3 Å². The third kappa shape index (κ3) is 3.70. The molecule has 1 aromatic carbocycles. The van der Waals surface area contributed by atoms with Crippen molar-refractivity contribution in [3.63, 3.8) is 0 Å². The van der Waals surface area contributed by atoms with Crippen LogP contribution in [0.15, 0.2) is 24.3 Å². The Kier molecular flexibility index (Phi) is 4.43. The van der Waals surface area contributed by atoms with Crippen molar-refractivity contribution in [2.45, 2.75) is 32.2 Å². The van der Waals surface area contributed by atoms with Crippen molar-refractivity contribution < 1.29 is 4.79 Å². The first-order valence-corrected chi connectivity index (χ1v) is 6.93. The van der Waals surface area contributed by atoms with E-state index >= 15 is 0 Å². The standard InChI is InChI=1S/C15H23N3O/c1-11(18(2)10-12-5-3-6-12)15(19)17-14-8-4-7-13(16)9-14/h4,7-9,11-12H,3,5-6,10,16H2,1-2H3,(H,17,19). The van der Waals surface area contributed by atoms with Gasteiger partial charge in [0.05, 0.1) is 6.04 Å². The van der Waals surface area contributed by atoms with Crippen LogP contribution >= 0.6 is 0 Å². The van der Waals surface area contributed by atoms with E-state index < -0.39 is 0 Å². The number of amides is 1. The number of nitrogens with one attached hydrogen (secondary N) is 1. The van der Waals surface area contributed by atoms with Crippen LogP contribution in [0.1, 0.15) is 26.2 Å². The number of nitrogen functional groups attached to an aromatic ring is 1. The van der Waals surface area contributed by atoms with E-state index in [4.69, 9.17) is 5.73 Å². The van der Waals surface area contributed by atoms with Gasteiger partial charge in [-0.25, -0.2) is 0 Å². The summed E-state index contributed by atoms with van der Waals surface area (Å²) in [5.41, 5.74) is 7.12. The molecule has 0 aromatic heterocycles. The third-order valence-electron chi connectivity index (χ3n) is 3.97. The first kappa shape index (κ1) is 13.9. The van der Waals surface area contributed by atoms with Gasteiger partial charge in [0, 0.05) is 17.9 Å². The largest absolute Gasteiger partial charge is 0.399 e. The zero-order chi connectivity index (χ0) is 13.8. The maximum absolute atomic E-state index is 12.2. The summed E-state index contributed by atoms with van der Waals surface area (Å²) in [5, 5.41) is 2.91. The van der Waals surface area contributed by atoms with E-state index in [1.807, 2.05) is 32.2 Å². The van der Waals surface area contributed by atoms with Crippen molar-refractivity contribution in [1.29, 1.82) is 0 Å². The molecule has 1 aliphatic rings. The lowest BCUT2D eigenvalue weighted by Crippen LogP contribution is -2.42. The minimum absolute atomic E-state index is 0.0208. The van der Waals surface area contributed by atoms with Crippen LogP contribution in [0, 0.1) is 5.92 Å². The molecule has 1 atom stereocenters. The van der Waals surface area contributed by atoms with Gasteiger partial charge in [0.1, 0.15) is 0 Å². The van der Waals surface area contributed by atoms with Gasteiger partial charge in [-0.15, -0.1) is 0 Å². The molecule has 104 valence electrons. The number of benzene rings is 1. The maximum atomic E-state index is 12.2. The summed E-state index contributed by atoms with van der Waals surface area (Å²) in [4.78, 5) is 14.3. The summed E-state index contributed by atoms with van der Waals surface area (Å²) >= 11 is 0. The van der Waals surface area contributed by atoms with Crippen LogP contribution in [-0.2, 0) is 4.79 Å². The SMILES string of the molecule is CC(C(=O)Nc1cccc(N)c1)N(C)CC1CCC1. The molecule has 0 aliphatic heterocycles.